The molecule has 0 bridgehead atoms. The Hall–Kier alpha value is -4.88. The molecule has 1 radical (unpaired) electrons. The van der Waals surface area contributed by atoms with E-state index in [0.29, 0.717) is 34.4 Å². The van der Waals surface area contributed by atoms with Gasteiger partial charge >= 0.3 is 0 Å². The number of nitriles is 1. The quantitative estimate of drug-likeness (QED) is 0.166. The second-order valence-electron chi connectivity index (χ2n) is 14.4. The van der Waals surface area contributed by atoms with Gasteiger partial charge in [-0.05, 0) is 75.4 Å². The minimum absolute atomic E-state index is 0. The van der Waals surface area contributed by atoms with E-state index in [4.69, 9.17) is 11.3 Å². The third-order valence-corrected chi connectivity index (χ3v) is 8.14. The van der Waals surface area contributed by atoms with Crippen LogP contribution in [0.5, 0.6) is 0 Å². The van der Waals surface area contributed by atoms with Gasteiger partial charge in [0.05, 0.1) is 20.0 Å². The number of aromatic nitrogens is 2. The van der Waals surface area contributed by atoms with Crippen molar-refractivity contribution >= 4 is 21.9 Å². The summed E-state index contributed by atoms with van der Waals surface area (Å²) in [7, 11) is 0. The molecule has 0 spiro atoms. The van der Waals surface area contributed by atoms with Crippen molar-refractivity contribution < 1.29 is 31.4 Å². The fraction of sp³-hybridized carbons (Fsp3) is 0.222. The molecule has 0 N–H and O–H groups in total. The van der Waals surface area contributed by atoms with Crippen molar-refractivity contribution in [3.05, 3.63) is 144 Å². The molecule has 7 rings (SSSR count). The van der Waals surface area contributed by atoms with Crippen LogP contribution in [0.25, 0.3) is 55.6 Å². The Balaban J connectivity index is 0.000000286. The fourth-order valence-corrected chi connectivity index (χ4v) is 5.63. The standard InChI is InChI=1S/C30H25N2O.C15H16N.Ir/c1-19-18-32-27(15-26(19)22-11-8-20(9-12-22)16-30(2,3)4)25-7-5-6-24-23-13-10-21(17-31)14-28(23)33-29(24)25;1-15(2,3)13-9-10-14(16-11-13)12-7-5-4-6-8-12;/h5-6,8-15,18H,16H2,1-4H3;4-7,9-11H,1-3H3;/q2*-1;/i1D3,11D,12D;;. The molecule has 7 aromatic rings. The van der Waals surface area contributed by atoms with Crippen molar-refractivity contribution in [3.63, 3.8) is 0 Å². The number of benzene rings is 4. The maximum absolute atomic E-state index is 9.27. The van der Waals surface area contributed by atoms with E-state index in [1.807, 2.05) is 42.6 Å². The predicted molar refractivity (Wildman–Crippen MR) is 201 cm³/mol. The molecule has 0 unspecified atom stereocenters. The SMILES string of the molecule is CC(C)(C)c1ccc(-c2[c-]cccc2)nc1.[2H]c1cc(CC(C)(C)C)cc([2H])c1-c1cc(-c2[c-]ccc3c2oc2cc(C#N)ccc23)ncc1C([2H])([2H])[2H].[Ir]. The van der Waals surface area contributed by atoms with Crippen LogP contribution in [0.2, 0.25) is 0 Å². The molecule has 0 saturated carbocycles. The minimum Gasteiger partial charge on any atom is -0.501 e. The summed E-state index contributed by atoms with van der Waals surface area (Å²) in [6.45, 7) is 10.4. The van der Waals surface area contributed by atoms with Gasteiger partial charge in [0.25, 0.3) is 0 Å². The van der Waals surface area contributed by atoms with Gasteiger partial charge in [-0.15, -0.1) is 54.1 Å². The maximum Gasteiger partial charge on any atom is 0.122 e. The van der Waals surface area contributed by atoms with Crippen LogP contribution in [-0.4, -0.2) is 9.97 Å². The molecule has 253 valence electrons. The Morgan fingerprint density at radius 1 is 0.840 bits per heavy atom. The Morgan fingerprint density at radius 2 is 1.62 bits per heavy atom. The van der Waals surface area contributed by atoms with Crippen LogP contribution >= 0.6 is 0 Å². The minimum atomic E-state index is -2.49. The van der Waals surface area contributed by atoms with E-state index in [0.717, 1.165) is 27.6 Å². The maximum atomic E-state index is 9.27. The molecule has 50 heavy (non-hydrogen) atoms. The Bertz CT molecular complexity index is 2480. The van der Waals surface area contributed by atoms with Crippen molar-refractivity contribution in [2.75, 3.05) is 0 Å². The van der Waals surface area contributed by atoms with Crippen LogP contribution in [-0.2, 0) is 31.9 Å². The van der Waals surface area contributed by atoms with Gasteiger partial charge < -0.3 is 14.4 Å². The molecule has 4 nitrogen and oxygen atoms in total. The summed E-state index contributed by atoms with van der Waals surface area (Å²) in [6.07, 6.45) is 3.94. The first-order valence-electron chi connectivity index (χ1n) is 18.7. The predicted octanol–water partition coefficient (Wildman–Crippen LogP) is 11.7. The molecule has 3 heterocycles. The Kier molecular flexibility index (Phi) is 8.95. The van der Waals surface area contributed by atoms with Crippen LogP contribution < -0.4 is 0 Å². The van der Waals surface area contributed by atoms with Gasteiger partial charge in [-0.1, -0.05) is 101 Å². The molecule has 0 aliphatic heterocycles. The van der Waals surface area contributed by atoms with E-state index in [1.165, 1.54) is 11.8 Å². The van der Waals surface area contributed by atoms with Crippen LogP contribution in [0.15, 0.2) is 114 Å². The van der Waals surface area contributed by atoms with Gasteiger partial charge in [0.1, 0.15) is 5.58 Å². The largest absolute Gasteiger partial charge is 0.501 e. The van der Waals surface area contributed by atoms with E-state index in [1.54, 1.807) is 36.4 Å². The number of hydrogen-bond acceptors (Lipinski definition) is 4. The van der Waals surface area contributed by atoms with Crippen molar-refractivity contribution in [2.45, 2.75) is 60.2 Å². The molecule has 5 heteroatoms. The molecule has 0 aliphatic rings. The second kappa shape index (κ2) is 14.9. The molecule has 0 saturated heterocycles. The zero-order chi connectivity index (χ0) is 39.0. The molecular weight excluding hydrogens is 791 g/mol. The van der Waals surface area contributed by atoms with Crippen LogP contribution in [0.3, 0.4) is 0 Å². The first kappa shape index (κ1) is 30.0. The number of fused-ring (bicyclic) bond motifs is 3. The van der Waals surface area contributed by atoms with E-state index in [2.05, 4.69) is 81.8 Å². The average molecular weight is 837 g/mol. The molecule has 0 aliphatic carbocycles. The number of aryl methyl sites for hydroxylation is 1. The summed E-state index contributed by atoms with van der Waals surface area (Å²) >= 11 is 0. The monoisotopic (exact) mass is 837 g/mol. The molecule has 0 amide bonds. The zero-order valence-corrected chi connectivity index (χ0v) is 31.4. The molecule has 0 atom stereocenters. The normalized spacial score (nSPS) is 13.1. The summed E-state index contributed by atoms with van der Waals surface area (Å²) in [5, 5.41) is 10.9. The van der Waals surface area contributed by atoms with Gasteiger partial charge in [0, 0.05) is 42.0 Å². The van der Waals surface area contributed by atoms with Crippen molar-refractivity contribution in [1.29, 1.82) is 5.26 Å². The third-order valence-electron chi connectivity index (χ3n) is 8.14. The average Bonchev–Trinajstić information content (AvgIpc) is 3.48. The van der Waals surface area contributed by atoms with Gasteiger partial charge in [-0.25, -0.2) is 0 Å². The van der Waals surface area contributed by atoms with Gasteiger partial charge in [-0.2, -0.15) is 5.26 Å². The number of rotatable bonds is 4. The third kappa shape index (κ3) is 8.28. The molecule has 4 aromatic carbocycles. The molecule has 3 aromatic heterocycles. The van der Waals surface area contributed by atoms with Gasteiger partial charge in [-0.3, -0.25) is 0 Å². The van der Waals surface area contributed by atoms with Crippen LogP contribution in [0.1, 0.15) is 70.7 Å². The number of pyridine rings is 2. The van der Waals surface area contributed by atoms with E-state index < -0.39 is 6.85 Å². The van der Waals surface area contributed by atoms with Crippen molar-refractivity contribution in [2.24, 2.45) is 5.41 Å². The van der Waals surface area contributed by atoms with Crippen molar-refractivity contribution in [1.82, 2.24) is 9.97 Å². The zero-order valence-electron chi connectivity index (χ0n) is 34.0. The Morgan fingerprint density at radius 3 is 2.26 bits per heavy atom. The van der Waals surface area contributed by atoms with Gasteiger partial charge in [0.15, 0.2) is 0 Å². The summed E-state index contributed by atoms with van der Waals surface area (Å²) in [6, 6.07) is 34.6. The summed E-state index contributed by atoms with van der Waals surface area (Å²) in [4.78, 5) is 8.94. The summed E-state index contributed by atoms with van der Waals surface area (Å²) < 4.78 is 47.9. The molecule has 0 fully saturated rings. The first-order valence-corrected chi connectivity index (χ1v) is 16.2. The van der Waals surface area contributed by atoms with E-state index in [9.17, 15) is 5.26 Å². The second-order valence-corrected chi connectivity index (χ2v) is 14.4. The van der Waals surface area contributed by atoms with Crippen molar-refractivity contribution in [3.8, 4) is 39.7 Å². The fourth-order valence-electron chi connectivity index (χ4n) is 5.63. The van der Waals surface area contributed by atoms with Crippen LogP contribution in [0.4, 0.5) is 0 Å². The Labute approximate surface area is 316 Å². The van der Waals surface area contributed by atoms with E-state index >= 15 is 0 Å². The number of hydrogen-bond donors (Lipinski definition) is 0. The van der Waals surface area contributed by atoms with E-state index in [-0.39, 0.29) is 59.7 Å². The molecular formula is C45H41IrN3O-2. The summed E-state index contributed by atoms with van der Waals surface area (Å²) in [5.74, 6) is 0. The van der Waals surface area contributed by atoms with Gasteiger partial charge in [0.2, 0.25) is 0 Å². The first-order chi connectivity index (χ1) is 25.4. The number of nitrogens with zero attached hydrogens (tertiary/aromatic N) is 3. The summed E-state index contributed by atoms with van der Waals surface area (Å²) in [5.41, 5.74) is 7.23. The number of furan rings is 1. The van der Waals surface area contributed by atoms with Crippen LogP contribution in [0, 0.1) is 35.7 Å². The topological polar surface area (TPSA) is 62.7 Å². The smallest absolute Gasteiger partial charge is 0.122 e.